The summed E-state index contributed by atoms with van der Waals surface area (Å²) in [5.74, 6) is 2.21. The molecule has 1 aromatic heterocycles. The van der Waals surface area contributed by atoms with E-state index < -0.39 is 0 Å². The standard InChI is InChI=1S/C38H35N3O3/c1-5-43-36-21-26(4)33(22-32(36)25(2)3)37-40-34-19-10-9-18-31(34)38(42)41(37)39-23-28-14-7-11-20-35(28)44-24-29-16-12-15-27-13-6-8-17-30(27)29/h6-23,25H,5,24H2,1-4H3. The molecule has 44 heavy (non-hydrogen) atoms. The minimum Gasteiger partial charge on any atom is -0.494 e. The molecule has 0 saturated carbocycles. The largest absolute Gasteiger partial charge is 0.494 e. The van der Waals surface area contributed by atoms with E-state index in [1.165, 1.54) is 10.1 Å². The maximum absolute atomic E-state index is 13.9. The van der Waals surface area contributed by atoms with E-state index in [9.17, 15) is 4.79 Å². The smallest absolute Gasteiger partial charge is 0.282 e. The number of hydrogen-bond acceptors (Lipinski definition) is 5. The molecule has 1 heterocycles. The van der Waals surface area contributed by atoms with Crippen LogP contribution in [0, 0.1) is 6.92 Å². The fourth-order valence-corrected chi connectivity index (χ4v) is 5.49. The van der Waals surface area contributed by atoms with Gasteiger partial charge in [-0.05, 0) is 83.6 Å². The quantitative estimate of drug-likeness (QED) is 0.161. The first-order valence-electron chi connectivity index (χ1n) is 15.0. The van der Waals surface area contributed by atoms with Crippen LogP contribution in [0.1, 0.15) is 48.9 Å². The molecule has 0 aliphatic carbocycles. The number of para-hydroxylation sites is 2. The first-order valence-corrected chi connectivity index (χ1v) is 15.0. The van der Waals surface area contributed by atoms with Crippen LogP contribution < -0.4 is 15.0 Å². The van der Waals surface area contributed by atoms with Gasteiger partial charge in [0.1, 0.15) is 18.1 Å². The van der Waals surface area contributed by atoms with Gasteiger partial charge in [-0.25, -0.2) is 4.98 Å². The summed E-state index contributed by atoms with van der Waals surface area (Å²) in [4.78, 5) is 18.9. The number of aryl methyl sites for hydroxylation is 1. The molecular formula is C38H35N3O3. The number of nitrogens with zero attached hydrogens (tertiary/aromatic N) is 3. The molecule has 0 radical (unpaired) electrons. The lowest BCUT2D eigenvalue weighted by Gasteiger charge is -2.18. The molecule has 6 rings (SSSR count). The Morgan fingerprint density at radius 2 is 1.57 bits per heavy atom. The summed E-state index contributed by atoms with van der Waals surface area (Å²) in [6, 6.07) is 33.7. The molecule has 5 aromatic carbocycles. The molecule has 0 N–H and O–H groups in total. The zero-order valence-corrected chi connectivity index (χ0v) is 25.5. The molecule has 0 atom stereocenters. The van der Waals surface area contributed by atoms with E-state index in [1.54, 1.807) is 12.3 Å². The predicted molar refractivity (Wildman–Crippen MR) is 179 cm³/mol. The Morgan fingerprint density at radius 3 is 2.39 bits per heavy atom. The van der Waals surface area contributed by atoms with E-state index in [0.717, 1.165) is 39.0 Å². The van der Waals surface area contributed by atoms with Gasteiger partial charge in [-0.1, -0.05) is 80.6 Å². The minimum absolute atomic E-state index is 0.214. The second-order valence-electron chi connectivity index (χ2n) is 11.1. The average Bonchev–Trinajstić information content (AvgIpc) is 3.04. The second-order valence-corrected chi connectivity index (χ2v) is 11.1. The van der Waals surface area contributed by atoms with Gasteiger partial charge in [0.15, 0.2) is 5.82 Å². The first-order chi connectivity index (χ1) is 21.4. The molecule has 0 aliphatic rings. The molecule has 0 fully saturated rings. The third-order valence-corrected chi connectivity index (χ3v) is 7.77. The fourth-order valence-electron chi connectivity index (χ4n) is 5.49. The van der Waals surface area contributed by atoms with Crippen molar-refractivity contribution in [3.05, 3.63) is 136 Å². The van der Waals surface area contributed by atoms with E-state index >= 15 is 0 Å². The van der Waals surface area contributed by atoms with E-state index in [0.29, 0.717) is 35.7 Å². The number of ether oxygens (including phenoxy) is 2. The van der Waals surface area contributed by atoms with E-state index in [4.69, 9.17) is 19.6 Å². The normalized spacial score (nSPS) is 11.6. The Kier molecular flexibility index (Phi) is 8.24. The topological polar surface area (TPSA) is 65.7 Å². The Balaban J connectivity index is 1.43. The van der Waals surface area contributed by atoms with Crippen LogP contribution in [0.15, 0.2) is 113 Å². The highest BCUT2D eigenvalue weighted by atomic mass is 16.5. The van der Waals surface area contributed by atoms with Gasteiger partial charge in [-0.3, -0.25) is 4.79 Å². The Labute approximate surface area is 257 Å². The Hall–Kier alpha value is -5.23. The highest BCUT2D eigenvalue weighted by molar-refractivity contribution is 5.86. The van der Waals surface area contributed by atoms with Gasteiger partial charge in [-0.2, -0.15) is 9.78 Å². The lowest BCUT2D eigenvalue weighted by atomic mass is 9.96. The zero-order valence-electron chi connectivity index (χ0n) is 25.5. The summed E-state index contributed by atoms with van der Waals surface area (Å²) < 4.78 is 13.7. The summed E-state index contributed by atoms with van der Waals surface area (Å²) in [5.41, 5.74) is 5.06. The van der Waals surface area contributed by atoms with Gasteiger partial charge < -0.3 is 9.47 Å². The summed E-state index contributed by atoms with van der Waals surface area (Å²) >= 11 is 0. The monoisotopic (exact) mass is 581 g/mol. The molecule has 0 amide bonds. The molecule has 0 bridgehead atoms. The van der Waals surface area contributed by atoms with Gasteiger partial charge in [0.05, 0.1) is 23.7 Å². The number of rotatable bonds is 9. The summed E-state index contributed by atoms with van der Waals surface area (Å²) in [6.45, 7) is 9.22. The Morgan fingerprint density at radius 1 is 0.841 bits per heavy atom. The second kappa shape index (κ2) is 12.6. The van der Waals surface area contributed by atoms with E-state index in [1.807, 2.05) is 80.6 Å². The number of fused-ring (bicyclic) bond motifs is 2. The zero-order chi connectivity index (χ0) is 30.6. The molecule has 220 valence electrons. The van der Waals surface area contributed by atoms with Crippen molar-refractivity contribution in [1.29, 1.82) is 0 Å². The molecular weight excluding hydrogens is 546 g/mol. The van der Waals surface area contributed by atoms with Crippen molar-refractivity contribution in [3.63, 3.8) is 0 Å². The van der Waals surface area contributed by atoms with Crippen molar-refractivity contribution < 1.29 is 9.47 Å². The molecule has 0 aliphatic heterocycles. The van der Waals surface area contributed by atoms with Crippen LogP contribution in [-0.2, 0) is 6.61 Å². The summed E-state index contributed by atoms with van der Waals surface area (Å²) in [5, 5.41) is 7.58. The van der Waals surface area contributed by atoms with Crippen molar-refractivity contribution in [2.45, 2.75) is 40.2 Å². The highest BCUT2D eigenvalue weighted by Crippen LogP contribution is 2.34. The van der Waals surface area contributed by atoms with Crippen molar-refractivity contribution >= 4 is 27.9 Å². The molecule has 6 nitrogen and oxygen atoms in total. The lowest BCUT2D eigenvalue weighted by Crippen LogP contribution is -2.21. The molecule has 6 heteroatoms. The van der Waals surface area contributed by atoms with Gasteiger partial charge in [0.25, 0.3) is 5.56 Å². The van der Waals surface area contributed by atoms with Crippen molar-refractivity contribution in [2.24, 2.45) is 5.10 Å². The van der Waals surface area contributed by atoms with Crippen LogP contribution in [0.25, 0.3) is 33.1 Å². The SMILES string of the molecule is CCOc1cc(C)c(-c2nc3ccccc3c(=O)n2N=Cc2ccccc2OCc2cccc3ccccc23)cc1C(C)C. The maximum Gasteiger partial charge on any atom is 0.282 e. The van der Waals surface area contributed by atoms with E-state index in [2.05, 4.69) is 44.2 Å². The summed E-state index contributed by atoms with van der Waals surface area (Å²) in [7, 11) is 0. The molecule has 0 unspecified atom stereocenters. The lowest BCUT2D eigenvalue weighted by molar-refractivity contribution is 0.307. The van der Waals surface area contributed by atoms with Crippen molar-refractivity contribution in [3.8, 4) is 22.9 Å². The third-order valence-electron chi connectivity index (χ3n) is 7.77. The molecule has 6 aromatic rings. The number of hydrogen-bond donors (Lipinski definition) is 0. The fraction of sp³-hybridized carbons (Fsp3) is 0.184. The van der Waals surface area contributed by atoms with Crippen molar-refractivity contribution in [1.82, 2.24) is 9.66 Å². The maximum atomic E-state index is 13.9. The van der Waals surface area contributed by atoms with Crippen LogP contribution >= 0.6 is 0 Å². The van der Waals surface area contributed by atoms with Gasteiger partial charge >= 0.3 is 0 Å². The molecule has 0 spiro atoms. The Bertz CT molecular complexity index is 2050. The first kappa shape index (κ1) is 28.9. The van der Waals surface area contributed by atoms with Crippen molar-refractivity contribution in [2.75, 3.05) is 6.61 Å². The van der Waals surface area contributed by atoms with Gasteiger partial charge in [0.2, 0.25) is 0 Å². The minimum atomic E-state index is -0.240. The van der Waals surface area contributed by atoms with Crippen LogP contribution in [-0.4, -0.2) is 22.5 Å². The highest BCUT2D eigenvalue weighted by Gasteiger charge is 2.18. The van der Waals surface area contributed by atoms with Crippen LogP contribution in [0.5, 0.6) is 11.5 Å². The average molecular weight is 582 g/mol. The van der Waals surface area contributed by atoms with E-state index in [-0.39, 0.29) is 11.5 Å². The predicted octanol–water partition coefficient (Wildman–Crippen LogP) is 8.51. The number of benzene rings is 5. The third kappa shape index (κ3) is 5.71. The molecule has 0 saturated heterocycles. The van der Waals surface area contributed by atoms with Gasteiger partial charge in [0, 0.05) is 11.1 Å². The van der Waals surface area contributed by atoms with Crippen LogP contribution in [0.2, 0.25) is 0 Å². The van der Waals surface area contributed by atoms with Crippen LogP contribution in [0.3, 0.4) is 0 Å². The number of aromatic nitrogens is 2. The summed E-state index contributed by atoms with van der Waals surface area (Å²) in [6.07, 6.45) is 1.67. The van der Waals surface area contributed by atoms with Gasteiger partial charge in [-0.15, -0.1) is 0 Å². The van der Waals surface area contributed by atoms with Crippen LogP contribution in [0.4, 0.5) is 0 Å².